The monoisotopic (exact) mass is 354 g/mol. The molecule has 2 heterocycles. The van der Waals surface area contributed by atoms with E-state index in [9.17, 15) is 5.11 Å². The van der Waals surface area contributed by atoms with Crippen molar-refractivity contribution in [3.63, 3.8) is 0 Å². The number of rotatable bonds is 4. The van der Waals surface area contributed by atoms with E-state index in [-0.39, 0.29) is 12.3 Å². The van der Waals surface area contributed by atoms with Gasteiger partial charge in [-0.25, -0.2) is 0 Å². The van der Waals surface area contributed by atoms with Gasteiger partial charge < -0.3 is 9.84 Å². The number of benzene rings is 2. The van der Waals surface area contributed by atoms with Crippen molar-refractivity contribution < 1.29 is 9.84 Å². The SMILES string of the molecule is CSCC[C@H]1Oc2ccccc2[C@@H]2CC(c3cc(C)ccc3O)=NN12. The Hall–Kier alpha value is -2.14. The summed E-state index contributed by atoms with van der Waals surface area (Å²) in [7, 11) is 0. The zero-order valence-electron chi connectivity index (χ0n) is 14.5. The third-order valence-corrected chi connectivity index (χ3v) is 5.45. The number of phenolic OH excluding ortho intramolecular Hbond substituents is 1. The highest BCUT2D eigenvalue weighted by molar-refractivity contribution is 7.98. The smallest absolute Gasteiger partial charge is 0.188 e. The maximum Gasteiger partial charge on any atom is 0.188 e. The van der Waals surface area contributed by atoms with Gasteiger partial charge in [-0.05, 0) is 37.1 Å². The van der Waals surface area contributed by atoms with E-state index in [1.54, 1.807) is 6.07 Å². The predicted octanol–water partition coefficient (Wildman–Crippen LogP) is 4.32. The van der Waals surface area contributed by atoms with E-state index in [4.69, 9.17) is 9.84 Å². The summed E-state index contributed by atoms with van der Waals surface area (Å²) in [6.07, 6.45) is 3.75. The van der Waals surface area contributed by atoms with Crippen molar-refractivity contribution in [1.82, 2.24) is 5.01 Å². The first-order chi connectivity index (χ1) is 12.2. The number of hydrazone groups is 1. The van der Waals surface area contributed by atoms with Gasteiger partial charge in [-0.15, -0.1) is 0 Å². The molecule has 0 radical (unpaired) electrons. The second-order valence-electron chi connectivity index (χ2n) is 6.56. The number of para-hydroxylation sites is 1. The standard InChI is InChI=1S/C20H22N2O2S/c1-13-7-8-18(23)15(11-13)16-12-17-14-5-3-4-6-19(14)24-20(9-10-25-2)22(17)21-16/h3-8,11,17,20,23H,9-10,12H2,1-2H3/t17-,20+/m0/s1. The van der Waals surface area contributed by atoms with Crippen molar-refractivity contribution in [3.05, 3.63) is 59.2 Å². The molecule has 1 N–H and O–H groups in total. The molecule has 25 heavy (non-hydrogen) atoms. The highest BCUT2D eigenvalue weighted by atomic mass is 32.2. The summed E-state index contributed by atoms with van der Waals surface area (Å²) in [6, 6.07) is 14.1. The summed E-state index contributed by atoms with van der Waals surface area (Å²) in [6.45, 7) is 2.03. The van der Waals surface area contributed by atoms with Crippen LogP contribution in [0.4, 0.5) is 0 Å². The van der Waals surface area contributed by atoms with Crippen molar-refractivity contribution in [2.75, 3.05) is 12.0 Å². The first-order valence-electron chi connectivity index (χ1n) is 8.57. The summed E-state index contributed by atoms with van der Waals surface area (Å²) in [5, 5.41) is 17.3. The molecule has 4 rings (SSSR count). The van der Waals surface area contributed by atoms with Crippen LogP contribution in [-0.4, -0.2) is 34.1 Å². The molecule has 0 aliphatic carbocycles. The lowest BCUT2D eigenvalue weighted by molar-refractivity contribution is -0.0180. The molecule has 0 saturated heterocycles. The third-order valence-electron chi connectivity index (χ3n) is 4.81. The molecule has 0 spiro atoms. The topological polar surface area (TPSA) is 45.1 Å². The highest BCUT2D eigenvalue weighted by Crippen LogP contribution is 2.44. The molecule has 2 atom stereocenters. The van der Waals surface area contributed by atoms with Crippen LogP contribution in [0.25, 0.3) is 0 Å². The number of hydrogen-bond acceptors (Lipinski definition) is 5. The summed E-state index contributed by atoms with van der Waals surface area (Å²) in [5.41, 5.74) is 4.06. The van der Waals surface area contributed by atoms with E-state index in [1.165, 1.54) is 5.56 Å². The van der Waals surface area contributed by atoms with Crippen LogP contribution < -0.4 is 4.74 Å². The molecule has 0 amide bonds. The van der Waals surface area contributed by atoms with Crippen LogP contribution in [0.3, 0.4) is 0 Å². The van der Waals surface area contributed by atoms with Gasteiger partial charge >= 0.3 is 0 Å². The van der Waals surface area contributed by atoms with Gasteiger partial charge in [0.25, 0.3) is 0 Å². The number of nitrogens with zero attached hydrogens (tertiary/aromatic N) is 2. The average Bonchev–Trinajstić information content (AvgIpc) is 3.07. The van der Waals surface area contributed by atoms with Gasteiger partial charge in [0.1, 0.15) is 11.5 Å². The van der Waals surface area contributed by atoms with Crippen LogP contribution in [0.5, 0.6) is 11.5 Å². The fourth-order valence-corrected chi connectivity index (χ4v) is 4.00. The van der Waals surface area contributed by atoms with Gasteiger partial charge in [-0.1, -0.05) is 29.8 Å². The minimum absolute atomic E-state index is 0.0585. The summed E-state index contributed by atoms with van der Waals surface area (Å²) < 4.78 is 6.23. The van der Waals surface area contributed by atoms with Gasteiger partial charge in [-0.3, -0.25) is 5.01 Å². The molecular weight excluding hydrogens is 332 g/mol. The summed E-state index contributed by atoms with van der Waals surface area (Å²) >= 11 is 1.82. The van der Waals surface area contributed by atoms with Crippen molar-refractivity contribution in [3.8, 4) is 11.5 Å². The molecule has 0 fully saturated rings. The molecule has 0 saturated carbocycles. The van der Waals surface area contributed by atoms with Crippen LogP contribution in [-0.2, 0) is 0 Å². The minimum Gasteiger partial charge on any atom is -0.507 e. The fourth-order valence-electron chi connectivity index (χ4n) is 3.56. The summed E-state index contributed by atoms with van der Waals surface area (Å²) in [5.74, 6) is 2.27. The molecule has 4 nitrogen and oxygen atoms in total. The van der Waals surface area contributed by atoms with Crippen molar-refractivity contribution in [1.29, 1.82) is 0 Å². The molecule has 5 heteroatoms. The maximum atomic E-state index is 10.3. The molecule has 2 aromatic rings. The number of thioether (sulfide) groups is 1. The second-order valence-corrected chi connectivity index (χ2v) is 7.54. The lowest BCUT2D eigenvalue weighted by atomic mass is 9.95. The van der Waals surface area contributed by atoms with E-state index in [1.807, 2.05) is 49.0 Å². The Labute approximate surface area is 152 Å². The quantitative estimate of drug-likeness (QED) is 0.888. The number of aryl methyl sites for hydroxylation is 1. The predicted molar refractivity (Wildman–Crippen MR) is 102 cm³/mol. The van der Waals surface area contributed by atoms with E-state index >= 15 is 0 Å². The van der Waals surface area contributed by atoms with Gasteiger partial charge in [0, 0.05) is 24.0 Å². The molecule has 130 valence electrons. The van der Waals surface area contributed by atoms with Crippen LogP contribution in [0.1, 0.15) is 35.6 Å². The number of fused-ring (bicyclic) bond motifs is 3. The number of hydrogen-bond donors (Lipinski definition) is 1. The number of ether oxygens (including phenoxy) is 1. The van der Waals surface area contributed by atoms with E-state index < -0.39 is 0 Å². The normalized spacial score (nSPS) is 21.4. The Balaban J connectivity index is 1.72. The molecule has 0 aromatic heterocycles. The van der Waals surface area contributed by atoms with Crippen molar-refractivity contribution >= 4 is 17.5 Å². The fraction of sp³-hybridized carbons (Fsp3) is 0.350. The Kier molecular flexibility index (Phi) is 4.34. The van der Waals surface area contributed by atoms with Crippen molar-refractivity contribution in [2.45, 2.75) is 32.0 Å². The van der Waals surface area contributed by atoms with Gasteiger partial charge in [0.2, 0.25) is 0 Å². The molecular formula is C20H22N2O2S. The number of phenols is 1. The Morgan fingerprint density at radius 3 is 2.96 bits per heavy atom. The van der Waals surface area contributed by atoms with E-state index in [2.05, 4.69) is 17.3 Å². The van der Waals surface area contributed by atoms with Gasteiger partial charge in [0.05, 0.1) is 11.8 Å². The van der Waals surface area contributed by atoms with Crippen LogP contribution in [0, 0.1) is 6.92 Å². The second kappa shape index (κ2) is 6.64. The lowest BCUT2D eigenvalue weighted by Gasteiger charge is -2.38. The number of aromatic hydroxyl groups is 1. The van der Waals surface area contributed by atoms with Gasteiger partial charge in [0.15, 0.2) is 6.23 Å². The molecule has 0 bridgehead atoms. The van der Waals surface area contributed by atoms with Crippen molar-refractivity contribution in [2.24, 2.45) is 5.10 Å². The maximum absolute atomic E-state index is 10.3. The largest absolute Gasteiger partial charge is 0.507 e. The van der Waals surface area contributed by atoms with Gasteiger partial charge in [-0.2, -0.15) is 16.9 Å². The zero-order valence-corrected chi connectivity index (χ0v) is 15.3. The first kappa shape index (κ1) is 16.3. The molecule has 2 aromatic carbocycles. The Morgan fingerprint density at radius 1 is 1.28 bits per heavy atom. The Bertz CT molecular complexity index is 821. The van der Waals surface area contributed by atoms with Crippen LogP contribution >= 0.6 is 11.8 Å². The highest BCUT2D eigenvalue weighted by Gasteiger charge is 2.40. The zero-order chi connectivity index (χ0) is 17.4. The lowest BCUT2D eigenvalue weighted by Crippen LogP contribution is -2.40. The van der Waals surface area contributed by atoms with Crippen LogP contribution in [0.15, 0.2) is 47.6 Å². The Morgan fingerprint density at radius 2 is 2.12 bits per heavy atom. The average molecular weight is 354 g/mol. The molecule has 0 unspecified atom stereocenters. The van der Waals surface area contributed by atoms with E-state index in [0.29, 0.717) is 5.75 Å². The molecule has 2 aliphatic rings. The van der Waals surface area contributed by atoms with E-state index in [0.717, 1.165) is 41.2 Å². The first-order valence-corrected chi connectivity index (χ1v) is 9.97. The molecule has 2 aliphatic heterocycles. The minimum atomic E-state index is -0.0585. The van der Waals surface area contributed by atoms with Crippen LogP contribution in [0.2, 0.25) is 0 Å². The summed E-state index contributed by atoms with van der Waals surface area (Å²) in [4.78, 5) is 0. The third kappa shape index (κ3) is 2.97.